The lowest BCUT2D eigenvalue weighted by Gasteiger charge is -2.20. The molecule has 0 aliphatic carbocycles. The Morgan fingerprint density at radius 3 is 2.54 bits per heavy atom. The summed E-state index contributed by atoms with van der Waals surface area (Å²) in [7, 11) is 0. The van der Waals surface area contributed by atoms with Crippen LogP contribution in [-0.2, 0) is 13.0 Å². The van der Waals surface area contributed by atoms with Crippen LogP contribution in [0.4, 0.5) is 0 Å². The molecule has 0 fully saturated rings. The van der Waals surface area contributed by atoms with Gasteiger partial charge in [-0.1, -0.05) is 6.07 Å². The zero-order valence-electron chi connectivity index (χ0n) is 14.3. The normalized spacial score (nSPS) is 12.2. The summed E-state index contributed by atoms with van der Waals surface area (Å²) in [6, 6.07) is 12.4. The minimum Gasteiger partial charge on any atom is -0.489 e. The van der Waals surface area contributed by atoms with E-state index in [4.69, 9.17) is 4.74 Å². The minimum absolute atomic E-state index is 0.0883. The van der Waals surface area contributed by atoms with Crippen molar-refractivity contribution in [1.82, 2.24) is 19.1 Å². The highest BCUT2D eigenvalue weighted by atomic mass is 32.1. The molecule has 5 nitrogen and oxygen atoms in total. The molecule has 0 aliphatic rings. The Balaban J connectivity index is 1.44. The zero-order valence-corrected chi connectivity index (χ0v) is 15.1. The molecule has 4 aromatic rings. The number of rotatable bonds is 8. The standard InChI is InChI=1S/C20H20N4OS/c1-2-20(26-13-1)8-7-19(14-23-11-9-21-15-23)25-18-5-3-17(4-6-18)24-12-10-22-16-24/h1-6,9-13,15-16,19H,7-8,14H2. The first-order chi connectivity index (χ1) is 12.9. The molecule has 0 amide bonds. The molecule has 0 saturated heterocycles. The van der Waals surface area contributed by atoms with Crippen molar-refractivity contribution < 1.29 is 4.74 Å². The molecular weight excluding hydrogens is 344 g/mol. The lowest BCUT2D eigenvalue weighted by Crippen LogP contribution is -2.23. The van der Waals surface area contributed by atoms with E-state index < -0.39 is 0 Å². The number of hydrogen-bond acceptors (Lipinski definition) is 4. The highest BCUT2D eigenvalue weighted by Crippen LogP contribution is 2.20. The van der Waals surface area contributed by atoms with Crippen LogP contribution in [0, 0.1) is 0 Å². The summed E-state index contributed by atoms with van der Waals surface area (Å²) >= 11 is 1.80. The van der Waals surface area contributed by atoms with E-state index in [-0.39, 0.29) is 6.10 Å². The number of aryl methyl sites for hydroxylation is 1. The molecule has 26 heavy (non-hydrogen) atoms. The third-order valence-electron chi connectivity index (χ3n) is 4.21. The molecule has 3 aromatic heterocycles. The van der Waals surface area contributed by atoms with Crippen LogP contribution in [0.2, 0.25) is 0 Å². The molecule has 1 aromatic carbocycles. The van der Waals surface area contributed by atoms with Gasteiger partial charge in [0.05, 0.1) is 19.2 Å². The second kappa shape index (κ2) is 8.01. The van der Waals surface area contributed by atoms with E-state index in [1.165, 1.54) is 4.88 Å². The average Bonchev–Trinajstić information content (AvgIpc) is 3.43. The lowest BCUT2D eigenvalue weighted by atomic mass is 10.1. The predicted molar refractivity (Wildman–Crippen MR) is 103 cm³/mol. The molecule has 1 atom stereocenters. The largest absolute Gasteiger partial charge is 0.489 e. The van der Waals surface area contributed by atoms with Gasteiger partial charge in [-0.25, -0.2) is 9.97 Å². The molecular formula is C20H20N4OS. The van der Waals surface area contributed by atoms with Crippen LogP contribution < -0.4 is 4.74 Å². The van der Waals surface area contributed by atoms with Crippen LogP contribution in [-0.4, -0.2) is 25.2 Å². The molecule has 0 saturated carbocycles. The number of ether oxygens (including phenoxy) is 1. The first-order valence-electron chi connectivity index (χ1n) is 8.60. The zero-order chi connectivity index (χ0) is 17.6. The topological polar surface area (TPSA) is 44.9 Å². The molecule has 0 radical (unpaired) electrons. The maximum absolute atomic E-state index is 6.29. The van der Waals surface area contributed by atoms with Crippen molar-refractivity contribution in [3.05, 3.63) is 84.1 Å². The quantitative estimate of drug-likeness (QED) is 0.470. The van der Waals surface area contributed by atoms with E-state index >= 15 is 0 Å². The predicted octanol–water partition coefficient (Wildman–Crippen LogP) is 4.21. The van der Waals surface area contributed by atoms with Gasteiger partial charge < -0.3 is 13.9 Å². The Morgan fingerprint density at radius 2 is 1.85 bits per heavy atom. The Labute approximate surface area is 156 Å². The number of imidazole rings is 2. The number of aromatic nitrogens is 4. The van der Waals surface area contributed by atoms with E-state index in [9.17, 15) is 0 Å². The van der Waals surface area contributed by atoms with Gasteiger partial charge in [0.15, 0.2) is 0 Å². The van der Waals surface area contributed by atoms with Gasteiger partial charge >= 0.3 is 0 Å². The van der Waals surface area contributed by atoms with Gasteiger partial charge in [0.25, 0.3) is 0 Å². The van der Waals surface area contributed by atoms with Gasteiger partial charge in [0.2, 0.25) is 0 Å². The smallest absolute Gasteiger partial charge is 0.119 e. The number of benzene rings is 1. The van der Waals surface area contributed by atoms with Crippen LogP contribution in [0.1, 0.15) is 11.3 Å². The molecule has 0 bridgehead atoms. The maximum Gasteiger partial charge on any atom is 0.119 e. The van der Waals surface area contributed by atoms with Crippen LogP contribution >= 0.6 is 11.3 Å². The highest BCUT2D eigenvalue weighted by molar-refractivity contribution is 7.09. The fourth-order valence-corrected chi connectivity index (χ4v) is 3.60. The summed E-state index contributed by atoms with van der Waals surface area (Å²) in [5, 5.41) is 2.12. The van der Waals surface area contributed by atoms with Crippen LogP contribution in [0.15, 0.2) is 79.2 Å². The molecule has 3 heterocycles. The van der Waals surface area contributed by atoms with E-state index in [1.807, 2.05) is 47.6 Å². The van der Waals surface area contributed by atoms with E-state index in [1.54, 1.807) is 30.1 Å². The van der Waals surface area contributed by atoms with Gasteiger partial charge in [0, 0.05) is 35.4 Å². The van der Waals surface area contributed by atoms with Crippen molar-refractivity contribution in [2.75, 3.05) is 0 Å². The second-order valence-electron chi connectivity index (χ2n) is 6.08. The van der Waals surface area contributed by atoms with Gasteiger partial charge in [-0.3, -0.25) is 0 Å². The van der Waals surface area contributed by atoms with Crippen LogP contribution in [0.25, 0.3) is 5.69 Å². The summed E-state index contributed by atoms with van der Waals surface area (Å²) in [6.07, 6.45) is 13.2. The Kier molecular flexibility index (Phi) is 5.12. The Morgan fingerprint density at radius 1 is 1.00 bits per heavy atom. The van der Waals surface area contributed by atoms with Crippen molar-refractivity contribution in [2.45, 2.75) is 25.5 Å². The van der Waals surface area contributed by atoms with Crippen LogP contribution in [0.5, 0.6) is 5.75 Å². The number of nitrogens with zero attached hydrogens (tertiary/aromatic N) is 4. The molecule has 6 heteroatoms. The maximum atomic E-state index is 6.29. The summed E-state index contributed by atoms with van der Waals surface area (Å²) in [5.41, 5.74) is 1.07. The molecule has 0 N–H and O–H groups in total. The van der Waals surface area contributed by atoms with Crippen LogP contribution in [0.3, 0.4) is 0 Å². The first kappa shape index (κ1) is 16.6. The number of thiophene rings is 1. The van der Waals surface area contributed by atoms with Crippen molar-refractivity contribution >= 4 is 11.3 Å². The minimum atomic E-state index is 0.0883. The van der Waals surface area contributed by atoms with E-state index in [0.29, 0.717) is 0 Å². The van der Waals surface area contributed by atoms with Gasteiger partial charge in [0.1, 0.15) is 11.9 Å². The van der Waals surface area contributed by atoms with Crippen molar-refractivity contribution in [2.24, 2.45) is 0 Å². The molecule has 1 unspecified atom stereocenters. The van der Waals surface area contributed by atoms with Gasteiger partial charge in [-0.15, -0.1) is 11.3 Å². The molecule has 0 aliphatic heterocycles. The number of hydrogen-bond donors (Lipinski definition) is 0. The molecule has 0 spiro atoms. The van der Waals surface area contributed by atoms with Crippen molar-refractivity contribution in [1.29, 1.82) is 0 Å². The average molecular weight is 364 g/mol. The van der Waals surface area contributed by atoms with Crippen molar-refractivity contribution in [3.63, 3.8) is 0 Å². The summed E-state index contributed by atoms with van der Waals surface area (Å²) < 4.78 is 10.3. The third-order valence-corrected chi connectivity index (χ3v) is 5.14. The molecule has 132 valence electrons. The fourth-order valence-electron chi connectivity index (χ4n) is 2.88. The SMILES string of the molecule is c1csc(CCC(Cn2ccnc2)Oc2ccc(-n3ccnc3)cc2)c1. The molecule has 4 rings (SSSR count). The highest BCUT2D eigenvalue weighted by Gasteiger charge is 2.13. The van der Waals surface area contributed by atoms with E-state index in [2.05, 4.69) is 32.0 Å². The monoisotopic (exact) mass is 364 g/mol. The third kappa shape index (κ3) is 4.21. The first-order valence-corrected chi connectivity index (χ1v) is 9.48. The summed E-state index contributed by atoms with van der Waals surface area (Å²) in [5.74, 6) is 0.880. The van der Waals surface area contributed by atoms with Crippen molar-refractivity contribution in [3.8, 4) is 11.4 Å². The van der Waals surface area contributed by atoms with Gasteiger partial charge in [-0.2, -0.15) is 0 Å². The van der Waals surface area contributed by atoms with E-state index in [0.717, 1.165) is 30.8 Å². The fraction of sp³-hybridized carbons (Fsp3) is 0.200. The summed E-state index contributed by atoms with van der Waals surface area (Å²) in [6.45, 7) is 0.786. The van der Waals surface area contributed by atoms with Gasteiger partial charge in [-0.05, 0) is 48.6 Å². The Bertz CT molecular complexity index is 884. The summed E-state index contributed by atoms with van der Waals surface area (Å²) in [4.78, 5) is 9.61. The second-order valence-corrected chi connectivity index (χ2v) is 7.11. The Hall–Kier alpha value is -2.86. The lowest BCUT2D eigenvalue weighted by molar-refractivity contribution is 0.170.